The molecule has 0 atom stereocenters. The van der Waals surface area contributed by atoms with Crippen molar-refractivity contribution in [3.63, 3.8) is 0 Å². The Morgan fingerprint density at radius 3 is 1.81 bits per heavy atom. The molecule has 0 fully saturated rings. The van der Waals surface area contributed by atoms with Crippen LogP contribution in [0.15, 0.2) is 163 Å². The van der Waals surface area contributed by atoms with Gasteiger partial charge in [0, 0.05) is 17.1 Å². The third-order valence-corrected chi connectivity index (χ3v) is 11.8. The third kappa shape index (κ3) is 4.31. The summed E-state index contributed by atoms with van der Waals surface area (Å²) in [6.45, 7) is -0.196. The average molecular weight is 647 g/mol. The van der Waals surface area contributed by atoms with Crippen LogP contribution in [0, 0.1) is 6.92 Å². The second kappa shape index (κ2) is 11.0. The normalized spacial score (nSPS) is 20.7. The Morgan fingerprint density at radius 1 is 0.553 bits per heavy atom. The molecule has 0 amide bonds. The topological polar surface area (TPSA) is 31.4 Å². The van der Waals surface area contributed by atoms with Gasteiger partial charge in [0.1, 0.15) is 17.2 Å². The molecule has 7 aromatic rings. The standard InChI is InChI=1S/C42H30BNO2Si/c1-29-15-13-25-36-41(29)46-42-40-39(45-38-26-12-11-24-35(38)43(36)40)28-37(44-42)30-16-14-23-34(27-30)47(31-17-5-2-6-18-31,32-19-7-3-8-20-32)33-21-9-4-10-22-33/h2-28H,1H3/i2D,3D,4D,5D,6D,7D,8D,9D,10D,11D,12D,13D,14D,15D,16D,17D,18D,19D,20D,21D,22D,23D,24D,25D,26D,27D,28D. The number of nitrogens with zero attached hydrogens (tertiary/aromatic N) is 1. The maximum absolute atomic E-state index is 10.2. The Bertz CT molecular complexity index is 3540. The van der Waals surface area contributed by atoms with E-state index < -0.39 is 227 Å². The van der Waals surface area contributed by atoms with Crippen molar-refractivity contribution in [2.24, 2.45) is 0 Å². The van der Waals surface area contributed by atoms with Gasteiger partial charge in [-0.15, -0.1) is 0 Å². The molecule has 0 aliphatic carbocycles. The van der Waals surface area contributed by atoms with Crippen molar-refractivity contribution in [3.05, 3.63) is 169 Å². The van der Waals surface area contributed by atoms with Gasteiger partial charge in [-0.25, -0.2) is 4.98 Å². The highest BCUT2D eigenvalue weighted by atomic mass is 28.3. The largest absolute Gasteiger partial charge is 0.458 e. The van der Waals surface area contributed by atoms with Crippen LogP contribution in [-0.4, -0.2) is 19.8 Å². The van der Waals surface area contributed by atoms with Crippen molar-refractivity contribution >= 4 is 51.9 Å². The summed E-state index contributed by atoms with van der Waals surface area (Å²) in [4.78, 5) is 4.52. The van der Waals surface area contributed by atoms with Gasteiger partial charge in [0.25, 0.3) is 6.71 Å². The Morgan fingerprint density at radius 2 is 1.13 bits per heavy atom. The molecule has 0 saturated heterocycles. The predicted molar refractivity (Wildman–Crippen MR) is 196 cm³/mol. The maximum Gasteiger partial charge on any atom is 0.262 e. The summed E-state index contributed by atoms with van der Waals surface area (Å²) in [7, 11) is -6.31. The summed E-state index contributed by atoms with van der Waals surface area (Å²) < 4.78 is 257. The SMILES string of the molecule is [2H]c1c([2H])c([2H])c([Si](c2c([2H])c([2H])c([2H])c([2H])c2[2H])(c2c([2H])c([2H])c([2H])c([2H])c2[2H])c2c([2H])c([2H])c([2H])c(-c3nc4c5c(c3[2H])Oc3c([2H])c([2H])c([2H])c([2H])c3B5c3c([2H])c([2H])c([2H])c(C)c3O4)c2[2H])c([2H])c1[2H]. The van der Waals surface area contributed by atoms with Gasteiger partial charge in [-0.05, 0) is 50.2 Å². The van der Waals surface area contributed by atoms with E-state index in [0.717, 1.165) is 0 Å². The minimum absolute atomic E-state index is 0.0660. The molecular formula is C42H30BNO2Si. The van der Waals surface area contributed by atoms with E-state index in [-0.39, 0.29) is 27.7 Å². The zero-order valence-corrected chi connectivity index (χ0v) is 24.8. The van der Waals surface area contributed by atoms with Crippen molar-refractivity contribution < 1.29 is 46.5 Å². The first-order chi connectivity index (χ1) is 34.4. The average Bonchev–Trinajstić information content (AvgIpc) is 3.37. The number of ether oxygens (including phenoxy) is 2. The van der Waals surface area contributed by atoms with E-state index in [9.17, 15) is 15.1 Å². The van der Waals surface area contributed by atoms with Gasteiger partial charge in [0.05, 0.1) is 42.7 Å². The smallest absolute Gasteiger partial charge is 0.262 e. The molecule has 0 bridgehead atoms. The van der Waals surface area contributed by atoms with Crippen molar-refractivity contribution in [2.45, 2.75) is 6.92 Å². The van der Waals surface area contributed by atoms with Crippen LogP contribution in [0.3, 0.4) is 0 Å². The maximum atomic E-state index is 10.2. The van der Waals surface area contributed by atoms with Gasteiger partial charge in [-0.1, -0.05) is 151 Å². The van der Waals surface area contributed by atoms with Crippen molar-refractivity contribution in [3.8, 4) is 34.4 Å². The van der Waals surface area contributed by atoms with Crippen LogP contribution in [0.5, 0.6) is 23.1 Å². The van der Waals surface area contributed by atoms with Crippen molar-refractivity contribution in [1.82, 2.24) is 4.98 Å². The first-order valence-corrected chi connectivity index (χ1v) is 15.9. The second-order valence-electron chi connectivity index (χ2n) is 10.3. The van der Waals surface area contributed by atoms with E-state index >= 15 is 0 Å². The Hall–Kier alpha value is -5.65. The van der Waals surface area contributed by atoms with Crippen LogP contribution in [0.25, 0.3) is 11.3 Å². The second-order valence-corrected chi connectivity index (χ2v) is 13.8. The molecule has 0 spiro atoms. The van der Waals surface area contributed by atoms with Crippen LogP contribution in [0.4, 0.5) is 0 Å². The molecule has 0 radical (unpaired) electrons. The molecule has 2 aliphatic heterocycles. The van der Waals surface area contributed by atoms with Gasteiger partial charge >= 0.3 is 0 Å². The molecule has 0 saturated carbocycles. The van der Waals surface area contributed by atoms with Crippen molar-refractivity contribution in [1.29, 1.82) is 0 Å². The molecule has 47 heavy (non-hydrogen) atoms. The van der Waals surface area contributed by atoms with E-state index in [1.807, 2.05) is 0 Å². The van der Waals surface area contributed by atoms with Gasteiger partial charge in [0.2, 0.25) is 5.88 Å². The lowest BCUT2D eigenvalue weighted by atomic mass is 9.35. The van der Waals surface area contributed by atoms with Gasteiger partial charge in [0.15, 0.2) is 8.07 Å². The fourth-order valence-corrected chi connectivity index (χ4v) is 9.34. The van der Waals surface area contributed by atoms with E-state index in [4.69, 9.17) is 31.4 Å². The number of hydrogen-bond donors (Lipinski definition) is 0. The van der Waals surface area contributed by atoms with E-state index in [1.54, 1.807) is 0 Å². The summed E-state index contributed by atoms with van der Waals surface area (Å²) in [5, 5.41) is -4.46. The molecule has 5 heteroatoms. The van der Waals surface area contributed by atoms with Gasteiger partial charge < -0.3 is 9.47 Å². The van der Waals surface area contributed by atoms with Gasteiger partial charge in [-0.3, -0.25) is 0 Å². The highest BCUT2D eigenvalue weighted by molar-refractivity contribution is 7.19. The fourth-order valence-electron chi connectivity index (χ4n) is 5.77. The van der Waals surface area contributed by atoms with Crippen LogP contribution in [0.2, 0.25) is 0 Å². The number of hydrogen-bond acceptors (Lipinski definition) is 3. The van der Waals surface area contributed by atoms with Crippen molar-refractivity contribution in [2.75, 3.05) is 0 Å². The number of pyridine rings is 1. The first kappa shape index (κ1) is 11.6. The van der Waals surface area contributed by atoms with Gasteiger partial charge in [-0.2, -0.15) is 0 Å². The zero-order valence-electron chi connectivity index (χ0n) is 50.8. The molecule has 2 aliphatic rings. The van der Waals surface area contributed by atoms with E-state index in [2.05, 4.69) is 4.98 Å². The van der Waals surface area contributed by atoms with Crippen LogP contribution in [-0.2, 0) is 0 Å². The summed E-state index contributed by atoms with van der Waals surface area (Å²) in [6.07, 6.45) is 0. The molecule has 6 aromatic carbocycles. The number of fused-ring (bicyclic) bond motifs is 4. The van der Waals surface area contributed by atoms with Crippen LogP contribution >= 0.6 is 0 Å². The molecule has 9 rings (SSSR count). The highest BCUT2D eigenvalue weighted by Crippen LogP contribution is 2.37. The minimum atomic E-state index is -6.31. The third-order valence-electron chi connectivity index (χ3n) is 7.76. The molecule has 0 N–H and O–H groups in total. The number of aromatic nitrogens is 1. The Kier molecular flexibility index (Phi) is 2.70. The molecular weight excluding hydrogens is 589 g/mol. The molecule has 3 heterocycles. The molecule has 222 valence electrons. The molecule has 1 aromatic heterocycles. The molecule has 3 nitrogen and oxygen atoms in total. The monoisotopic (exact) mass is 646 g/mol. The predicted octanol–water partition coefficient (Wildman–Crippen LogP) is 5.16. The Balaban J connectivity index is 1.55. The fraction of sp³-hybridized carbons (Fsp3) is 0.0238. The summed E-state index contributed by atoms with van der Waals surface area (Å²) in [5.41, 5.74) is -2.70. The zero-order chi connectivity index (χ0) is 54.9. The van der Waals surface area contributed by atoms with E-state index in [1.165, 1.54) is 6.92 Å². The minimum Gasteiger partial charge on any atom is -0.458 e. The number of benzene rings is 6. The van der Waals surface area contributed by atoms with Crippen LogP contribution in [0.1, 0.15) is 42.6 Å². The number of para-hydroxylation sites is 2. The summed E-state index contributed by atoms with van der Waals surface area (Å²) >= 11 is 0. The highest BCUT2D eigenvalue weighted by Gasteiger charge is 2.43. The molecule has 0 unspecified atom stereocenters. The lowest BCUT2D eigenvalue weighted by Crippen LogP contribution is -2.74. The lowest BCUT2D eigenvalue weighted by molar-refractivity contribution is 0.449. The Labute approximate surface area is 314 Å². The summed E-state index contributed by atoms with van der Waals surface area (Å²) in [5.74, 6) is -2.14. The number of rotatable bonds is 5. The van der Waals surface area contributed by atoms with Crippen LogP contribution < -0.4 is 46.6 Å². The summed E-state index contributed by atoms with van der Waals surface area (Å²) in [6, 6.07) is -28.2. The first-order valence-electron chi connectivity index (χ1n) is 27.4. The lowest BCUT2D eigenvalue weighted by Gasteiger charge is -2.35. The quantitative estimate of drug-likeness (QED) is 0.191. The van der Waals surface area contributed by atoms with E-state index in [0.29, 0.717) is 0 Å².